The molecule has 96 valence electrons. The summed E-state index contributed by atoms with van der Waals surface area (Å²) in [6, 6.07) is 9.22. The van der Waals surface area contributed by atoms with Crippen molar-refractivity contribution in [2.75, 3.05) is 6.54 Å². The minimum Gasteiger partial charge on any atom is -0.480 e. The van der Waals surface area contributed by atoms with Crippen molar-refractivity contribution in [3.05, 3.63) is 35.4 Å². The maximum atomic E-state index is 10.8. The van der Waals surface area contributed by atoms with Crippen LogP contribution in [0.25, 0.3) is 0 Å². The lowest BCUT2D eigenvalue weighted by molar-refractivity contribution is -0.139. The van der Waals surface area contributed by atoms with E-state index in [4.69, 9.17) is 10.4 Å². The summed E-state index contributed by atoms with van der Waals surface area (Å²) in [6.45, 7) is 0.705. The van der Waals surface area contributed by atoms with Crippen LogP contribution in [0, 0.1) is 17.2 Å². The average Bonchev–Trinajstić information content (AvgIpc) is 2.78. The number of rotatable bonds is 3. The van der Waals surface area contributed by atoms with Crippen LogP contribution in [0.2, 0.25) is 0 Å². The molecule has 1 aromatic rings. The van der Waals surface area contributed by atoms with Gasteiger partial charge in [0, 0.05) is 0 Å². The molecule has 0 bridgehead atoms. The number of nitriles is 1. The summed E-state index contributed by atoms with van der Waals surface area (Å²) >= 11 is 0. The zero-order chi connectivity index (χ0) is 12.3. The van der Waals surface area contributed by atoms with Gasteiger partial charge in [0.05, 0.1) is 11.6 Å². The van der Waals surface area contributed by atoms with Gasteiger partial charge in [-0.2, -0.15) is 5.26 Å². The van der Waals surface area contributed by atoms with Crippen LogP contribution in [0.15, 0.2) is 24.3 Å². The first-order chi connectivity index (χ1) is 8.20. The molecule has 0 spiro atoms. The van der Waals surface area contributed by atoms with Gasteiger partial charge in [-0.1, -0.05) is 18.2 Å². The number of nitrogens with one attached hydrogen (secondary N) is 1. The van der Waals surface area contributed by atoms with Gasteiger partial charge in [0.25, 0.3) is 0 Å². The highest BCUT2D eigenvalue weighted by Gasteiger charge is 2.29. The normalized spacial score (nSPS) is 21.9. The van der Waals surface area contributed by atoms with Crippen LogP contribution in [0.1, 0.15) is 17.5 Å². The molecule has 2 atom stereocenters. The molecule has 2 N–H and O–H groups in total. The van der Waals surface area contributed by atoms with Crippen molar-refractivity contribution < 1.29 is 9.90 Å². The van der Waals surface area contributed by atoms with Crippen molar-refractivity contribution in [1.29, 1.82) is 5.26 Å². The summed E-state index contributed by atoms with van der Waals surface area (Å²) in [6.07, 6.45) is 1.40. The number of carboxylic acid groups (broad SMARTS) is 1. The number of nitrogens with zero attached hydrogens (tertiary/aromatic N) is 1. The number of hydrogen-bond acceptors (Lipinski definition) is 3. The predicted molar refractivity (Wildman–Crippen MR) is 69.6 cm³/mol. The summed E-state index contributed by atoms with van der Waals surface area (Å²) in [4.78, 5) is 10.8. The Balaban J connectivity index is 0.00000162. The van der Waals surface area contributed by atoms with Crippen molar-refractivity contribution in [3.63, 3.8) is 0 Å². The molecule has 18 heavy (non-hydrogen) atoms. The lowest BCUT2D eigenvalue weighted by Gasteiger charge is -2.09. The molecule has 4 nitrogen and oxygen atoms in total. The molecule has 1 aromatic carbocycles. The SMILES string of the molecule is Cl.N#Cc1ccccc1C[C@H]1CN[C@H](C(=O)O)C1. The van der Waals surface area contributed by atoms with E-state index in [1.54, 1.807) is 6.07 Å². The van der Waals surface area contributed by atoms with E-state index in [1.807, 2.05) is 18.2 Å². The second kappa shape index (κ2) is 6.39. The predicted octanol–water partition coefficient (Wildman–Crippen LogP) is 1.59. The first-order valence-corrected chi connectivity index (χ1v) is 5.65. The fourth-order valence-corrected chi connectivity index (χ4v) is 2.27. The highest BCUT2D eigenvalue weighted by atomic mass is 35.5. The summed E-state index contributed by atoms with van der Waals surface area (Å²) in [7, 11) is 0. The second-order valence-electron chi connectivity index (χ2n) is 4.37. The van der Waals surface area contributed by atoms with E-state index in [9.17, 15) is 4.79 Å². The van der Waals surface area contributed by atoms with Gasteiger partial charge >= 0.3 is 5.97 Å². The van der Waals surface area contributed by atoms with Crippen molar-refractivity contribution in [2.24, 2.45) is 5.92 Å². The minimum absolute atomic E-state index is 0. The van der Waals surface area contributed by atoms with Gasteiger partial charge in [-0.3, -0.25) is 4.79 Å². The Kier molecular flexibility index (Phi) is 5.14. The molecule has 1 heterocycles. The molecule has 1 aliphatic rings. The van der Waals surface area contributed by atoms with Gasteiger partial charge in [-0.25, -0.2) is 0 Å². The van der Waals surface area contributed by atoms with Gasteiger partial charge in [0.15, 0.2) is 0 Å². The zero-order valence-electron chi connectivity index (χ0n) is 9.80. The number of carbonyl (C=O) groups is 1. The first-order valence-electron chi connectivity index (χ1n) is 5.65. The third kappa shape index (κ3) is 3.22. The summed E-state index contributed by atoms with van der Waals surface area (Å²) in [5.41, 5.74) is 1.69. The Morgan fingerprint density at radius 1 is 1.50 bits per heavy atom. The fourth-order valence-electron chi connectivity index (χ4n) is 2.27. The number of carboxylic acids is 1. The number of halogens is 1. The summed E-state index contributed by atoms with van der Waals surface area (Å²) in [5.74, 6) is -0.494. The molecular formula is C13H15ClN2O2. The molecular weight excluding hydrogens is 252 g/mol. The Bertz CT molecular complexity index is 470. The zero-order valence-corrected chi connectivity index (χ0v) is 10.6. The van der Waals surface area contributed by atoms with E-state index < -0.39 is 12.0 Å². The molecule has 0 unspecified atom stereocenters. The third-order valence-electron chi connectivity index (χ3n) is 3.17. The first kappa shape index (κ1) is 14.5. The van der Waals surface area contributed by atoms with Crippen molar-refractivity contribution in [3.8, 4) is 6.07 Å². The molecule has 0 radical (unpaired) electrons. The quantitative estimate of drug-likeness (QED) is 0.871. The molecule has 0 saturated carbocycles. The monoisotopic (exact) mass is 266 g/mol. The highest BCUT2D eigenvalue weighted by molar-refractivity contribution is 5.85. The van der Waals surface area contributed by atoms with Gasteiger partial charge < -0.3 is 10.4 Å². The number of benzene rings is 1. The van der Waals surface area contributed by atoms with Crippen LogP contribution < -0.4 is 5.32 Å². The second-order valence-corrected chi connectivity index (χ2v) is 4.37. The molecule has 5 heteroatoms. The maximum absolute atomic E-state index is 10.8. The minimum atomic E-state index is -0.791. The van der Waals surface area contributed by atoms with Crippen LogP contribution in [-0.4, -0.2) is 23.7 Å². The van der Waals surface area contributed by atoms with Crippen LogP contribution in [0.4, 0.5) is 0 Å². The Morgan fingerprint density at radius 2 is 2.22 bits per heavy atom. The van der Waals surface area contributed by atoms with E-state index >= 15 is 0 Å². The number of aliphatic carboxylic acids is 1. The Hall–Kier alpha value is -1.57. The van der Waals surface area contributed by atoms with Crippen molar-refractivity contribution in [2.45, 2.75) is 18.9 Å². The average molecular weight is 267 g/mol. The highest BCUT2D eigenvalue weighted by Crippen LogP contribution is 2.21. The smallest absolute Gasteiger partial charge is 0.320 e. The molecule has 1 aliphatic heterocycles. The van der Waals surface area contributed by atoms with Crippen molar-refractivity contribution >= 4 is 18.4 Å². The molecule has 0 amide bonds. The lowest BCUT2D eigenvalue weighted by Crippen LogP contribution is -2.29. The molecule has 1 fully saturated rings. The largest absolute Gasteiger partial charge is 0.480 e. The van der Waals surface area contributed by atoms with Gasteiger partial charge in [-0.05, 0) is 36.9 Å². The van der Waals surface area contributed by atoms with Crippen LogP contribution in [0.5, 0.6) is 0 Å². The van der Waals surface area contributed by atoms with Crippen LogP contribution in [-0.2, 0) is 11.2 Å². The lowest BCUT2D eigenvalue weighted by atomic mass is 9.94. The van der Waals surface area contributed by atoms with Crippen LogP contribution in [0.3, 0.4) is 0 Å². The summed E-state index contributed by atoms with van der Waals surface area (Å²) < 4.78 is 0. The van der Waals surface area contributed by atoms with Gasteiger partial charge in [0.2, 0.25) is 0 Å². The fraction of sp³-hybridized carbons (Fsp3) is 0.385. The van der Waals surface area contributed by atoms with E-state index in [0.717, 1.165) is 12.0 Å². The van der Waals surface area contributed by atoms with E-state index in [1.165, 1.54) is 0 Å². The maximum Gasteiger partial charge on any atom is 0.320 e. The Morgan fingerprint density at radius 3 is 2.83 bits per heavy atom. The van der Waals surface area contributed by atoms with Crippen LogP contribution >= 0.6 is 12.4 Å². The molecule has 0 aliphatic carbocycles. The molecule has 2 rings (SSSR count). The Labute approximate surface area is 112 Å². The van der Waals surface area contributed by atoms with Crippen molar-refractivity contribution in [1.82, 2.24) is 5.32 Å². The van der Waals surface area contributed by atoms with Gasteiger partial charge in [0.1, 0.15) is 6.04 Å². The topological polar surface area (TPSA) is 73.1 Å². The summed E-state index contributed by atoms with van der Waals surface area (Å²) in [5, 5.41) is 20.8. The van der Waals surface area contributed by atoms with E-state index in [0.29, 0.717) is 24.4 Å². The standard InChI is InChI=1S/C13H14N2O2.ClH/c14-7-11-4-2-1-3-10(11)5-9-6-12(13(16)17)15-8-9;/h1-4,9,12,15H,5-6,8H2,(H,16,17);1H/t9-,12+;/m1./s1. The third-order valence-corrected chi connectivity index (χ3v) is 3.17. The molecule has 0 aromatic heterocycles. The van der Waals surface area contributed by atoms with E-state index in [2.05, 4.69) is 11.4 Å². The van der Waals surface area contributed by atoms with E-state index in [-0.39, 0.29) is 12.4 Å². The molecule has 1 saturated heterocycles. The number of hydrogen-bond donors (Lipinski definition) is 2. The van der Waals surface area contributed by atoms with Gasteiger partial charge in [-0.15, -0.1) is 12.4 Å².